The van der Waals surface area contributed by atoms with E-state index in [1.165, 1.54) is 19.3 Å². The standard InChI is InChI=1S/C13H21N3O3S/c1-14-20(18,19)11-9-12(15(2)10-11)13(17)16-7-5-3-4-6-8-16/h9-10,14H,3-8H2,1-2H3. The van der Waals surface area contributed by atoms with Gasteiger partial charge in [-0.1, -0.05) is 12.8 Å². The molecule has 0 radical (unpaired) electrons. The minimum Gasteiger partial charge on any atom is -0.345 e. The number of likely N-dealkylation sites (tertiary alicyclic amines) is 1. The third-order valence-corrected chi connectivity index (χ3v) is 5.05. The van der Waals surface area contributed by atoms with E-state index >= 15 is 0 Å². The Labute approximate surface area is 119 Å². The van der Waals surface area contributed by atoms with Gasteiger partial charge in [0.05, 0.1) is 0 Å². The number of rotatable bonds is 3. The van der Waals surface area contributed by atoms with Gasteiger partial charge in [-0.15, -0.1) is 0 Å². The van der Waals surface area contributed by atoms with E-state index < -0.39 is 10.0 Å². The Bertz CT molecular complexity index is 584. The smallest absolute Gasteiger partial charge is 0.270 e. The molecule has 0 atom stereocenters. The maximum Gasteiger partial charge on any atom is 0.270 e. The van der Waals surface area contributed by atoms with Crippen LogP contribution < -0.4 is 4.72 Å². The molecule has 0 unspecified atom stereocenters. The summed E-state index contributed by atoms with van der Waals surface area (Å²) in [5.41, 5.74) is 0.417. The number of aromatic nitrogens is 1. The highest BCUT2D eigenvalue weighted by Crippen LogP contribution is 2.17. The molecule has 20 heavy (non-hydrogen) atoms. The first-order valence-electron chi connectivity index (χ1n) is 6.85. The first kappa shape index (κ1) is 15.1. The number of hydrogen-bond donors (Lipinski definition) is 1. The van der Waals surface area contributed by atoms with Crippen LogP contribution in [0.25, 0.3) is 0 Å². The zero-order chi connectivity index (χ0) is 14.8. The van der Waals surface area contributed by atoms with Crippen LogP contribution in [0.4, 0.5) is 0 Å². The quantitative estimate of drug-likeness (QED) is 0.903. The first-order valence-corrected chi connectivity index (χ1v) is 8.33. The number of sulfonamides is 1. The lowest BCUT2D eigenvalue weighted by Gasteiger charge is -2.20. The molecule has 1 aliphatic heterocycles. The molecular formula is C13H21N3O3S. The molecule has 0 saturated carbocycles. The summed E-state index contributed by atoms with van der Waals surface area (Å²) in [7, 11) is -0.459. The summed E-state index contributed by atoms with van der Waals surface area (Å²) in [6.45, 7) is 1.50. The van der Waals surface area contributed by atoms with Crippen molar-refractivity contribution < 1.29 is 13.2 Å². The predicted octanol–water partition coefficient (Wildman–Crippen LogP) is 0.949. The number of nitrogens with one attached hydrogen (secondary N) is 1. The van der Waals surface area contributed by atoms with Gasteiger partial charge in [0, 0.05) is 26.3 Å². The summed E-state index contributed by atoms with van der Waals surface area (Å²) in [5, 5.41) is 0. The molecule has 1 aromatic rings. The molecule has 112 valence electrons. The van der Waals surface area contributed by atoms with E-state index in [1.807, 2.05) is 4.90 Å². The van der Waals surface area contributed by atoms with Crippen molar-refractivity contribution in [2.24, 2.45) is 7.05 Å². The van der Waals surface area contributed by atoms with Crippen molar-refractivity contribution in [3.63, 3.8) is 0 Å². The van der Waals surface area contributed by atoms with E-state index in [1.54, 1.807) is 11.6 Å². The normalized spacial score (nSPS) is 17.0. The monoisotopic (exact) mass is 299 g/mol. The maximum absolute atomic E-state index is 12.5. The highest BCUT2D eigenvalue weighted by molar-refractivity contribution is 7.89. The lowest BCUT2D eigenvalue weighted by Crippen LogP contribution is -2.33. The fraction of sp³-hybridized carbons (Fsp3) is 0.615. The highest BCUT2D eigenvalue weighted by atomic mass is 32.2. The van der Waals surface area contributed by atoms with Crippen molar-refractivity contribution in [1.29, 1.82) is 0 Å². The van der Waals surface area contributed by atoms with E-state index in [9.17, 15) is 13.2 Å². The summed E-state index contributed by atoms with van der Waals surface area (Å²) in [6, 6.07) is 1.44. The number of carbonyl (C=O) groups excluding carboxylic acids is 1. The van der Waals surface area contributed by atoms with E-state index in [0.717, 1.165) is 38.8 Å². The summed E-state index contributed by atoms with van der Waals surface area (Å²) in [6.07, 6.45) is 5.79. The number of hydrogen-bond acceptors (Lipinski definition) is 3. The van der Waals surface area contributed by atoms with Crippen LogP contribution in [0.1, 0.15) is 36.2 Å². The summed E-state index contributed by atoms with van der Waals surface area (Å²) < 4.78 is 27.4. The molecule has 1 aliphatic rings. The Morgan fingerprint density at radius 2 is 1.80 bits per heavy atom. The van der Waals surface area contributed by atoms with Crippen LogP contribution >= 0.6 is 0 Å². The Balaban J connectivity index is 2.26. The van der Waals surface area contributed by atoms with E-state index in [0.29, 0.717) is 5.69 Å². The fourth-order valence-corrected chi connectivity index (χ4v) is 3.25. The largest absolute Gasteiger partial charge is 0.345 e. The van der Waals surface area contributed by atoms with E-state index in [-0.39, 0.29) is 10.8 Å². The van der Waals surface area contributed by atoms with Crippen LogP contribution in [-0.2, 0) is 17.1 Å². The van der Waals surface area contributed by atoms with Gasteiger partial charge in [-0.25, -0.2) is 13.1 Å². The topological polar surface area (TPSA) is 71.4 Å². The third kappa shape index (κ3) is 3.04. The Hall–Kier alpha value is -1.34. The second kappa shape index (κ2) is 5.97. The molecule has 0 spiro atoms. The number of nitrogens with zero attached hydrogens (tertiary/aromatic N) is 2. The van der Waals surface area contributed by atoms with Gasteiger partial charge >= 0.3 is 0 Å². The van der Waals surface area contributed by atoms with Crippen molar-refractivity contribution in [2.45, 2.75) is 30.6 Å². The molecule has 2 heterocycles. The zero-order valence-electron chi connectivity index (χ0n) is 11.9. The van der Waals surface area contributed by atoms with E-state index in [2.05, 4.69) is 4.72 Å². The van der Waals surface area contributed by atoms with Crippen LogP contribution in [0.2, 0.25) is 0 Å². The lowest BCUT2D eigenvalue weighted by molar-refractivity contribution is 0.0752. The number of amides is 1. The van der Waals surface area contributed by atoms with Crippen LogP contribution in [0, 0.1) is 0 Å². The Kier molecular flexibility index (Phi) is 4.49. The van der Waals surface area contributed by atoms with Crippen LogP contribution in [-0.4, -0.2) is 43.9 Å². The van der Waals surface area contributed by atoms with Gasteiger partial charge in [0.15, 0.2) is 0 Å². The highest BCUT2D eigenvalue weighted by Gasteiger charge is 2.23. The molecule has 1 N–H and O–H groups in total. The van der Waals surface area contributed by atoms with Crippen molar-refractivity contribution in [3.8, 4) is 0 Å². The average molecular weight is 299 g/mol. The van der Waals surface area contributed by atoms with Crippen LogP contribution in [0.5, 0.6) is 0 Å². The number of aryl methyl sites for hydroxylation is 1. The average Bonchev–Trinajstić information content (AvgIpc) is 2.66. The second-order valence-corrected chi connectivity index (χ2v) is 6.97. The van der Waals surface area contributed by atoms with Crippen molar-refractivity contribution >= 4 is 15.9 Å². The lowest BCUT2D eigenvalue weighted by atomic mass is 10.2. The molecule has 0 bridgehead atoms. The Morgan fingerprint density at radius 1 is 1.20 bits per heavy atom. The molecule has 1 aromatic heterocycles. The molecule has 0 aliphatic carbocycles. The van der Waals surface area contributed by atoms with Crippen molar-refractivity contribution in [1.82, 2.24) is 14.2 Å². The van der Waals surface area contributed by atoms with Gasteiger partial charge in [0.1, 0.15) is 10.6 Å². The Morgan fingerprint density at radius 3 is 2.35 bits per heavy atom. The van der Waals surface area contributed by atoms with E-state index in [4.69, 9.17) is 0 Å². The van der Waals surface area contributed by atoms with Gasteiger partial charge in [-0.05, 0) is 26.0 Å². The van der Waals surface area contributed by atoms with Crippen LogP contribution in [0.15, 0.2) is 17.2 Å². The molecule has 6 nitrogen and oxygen atoms in total. The minimum absolute atomic E-state index is 0.0908. The van der Waals surface area contributed by atoms with Crippen molar-refractivity contribution in [2.75, 3.05) is 20.1 Å². The summed E-state index contributed by atoms with van der Waals surface area (Å²) in [4.78, 5) is 14.4. The van der Waals surface area contributed by atoms with Gasteiger partial charge < -0.3 is 9.47 Å². The SMILES string of the molecule is CNS(=O)(=O)c1cc(C(=O)N2CCCCCC2)n(C)c1. The molecule has 1 saturated heterocycles. The number of carbonyl (C=O) groups is 1. The van der Waals surface area contributed by atoms with Crippen LogP contribution in [0.3, 0.4) is 0 Å². The first-order chi connectivity index (χ1) is 9.45. The predicted molar refractivity (Wildman–Crippen MR) is 76.0 cm³/mol. The zero-order valence-corrected chi connectivity index (χ0v) is 12.7. The van der Waals surface area contributed by atoms with Gasteiger partial charge in [0.2, 0.25) is 10.0 Å². The van der Waals surface area contributed by atoms with Gasteiger partial charge in [-0.2, -0.15) is 0 Å². The van der Waals surface area contributed by atoms with Crippen molar-refractivity contribution in [3.05, 3.63) is 18.0 Å². The maximum atomic E-state index is 12.5. The van der Waals surface area contributed by atoms with Gasteiger partial charge in [-0.3, -0.25) is 4.79 Å². The molecule has 1 fully saturated rings. The molecule has 1 amide bonds. The molecule has 2 rings (SSSR count). The fourth-order valence-electron chi connectivity index (χ4n) is 2.45. The molecule has 7 heteroatoms. The molecule has 0 aromatic carbocycles. The summed E-state index contributed by atoms with van der Waals surface area (Å²) in [5.74, 6) is -0.0908. The minimum atomic E-state index is -3.51. The third-order valence-electron chi connectivity index (χ3n) is 3.67. The van der Waals surface area contributed by atoms with Gasteiger partial charge in [0.25, 0.3) is 5.91 Å². The molecular weight excluding hydrogens is 278 g/mol. The summed E-state index contributed by atoms with van der Waals surface area (Å²) >= 11 is 0. The second-order valence-electron chi connectivity index (χ2n) is 5.09.